The molecule has 1 fully saturated rings. The molecule has 0 bridgehead atoms. The topological polar surface area (TPSA) is 73.1 Å². The summed E-state index contributed by atoms with van der Waals surface area (Å²) >= 11 is 0. The molecule has 0 aromatic carbocycles. The molecule has 0 atom stereocenters. The molecule has 0 aliphatic carbocycles. The fourth-order valence-corrected chi connectivity index (χ4v) is 1.90. The predicted octanol–water partition coefficient (Wildman–Crippen LogP) is -0.679. The Labute approximate surface area is 101 Å². The van der Waals surface area contributed by atoms with Crippen molar-refractivity contribution in [3.05, 3.63) is 18.0 Å². The molecule has 2 heterocycles. The number of nitrogens with one attached hydrogen (secondary N) is 3. The molecule has 94 valence electrons. The van der Waals surface area contributed by atoms with Crippen LogP contribution in [-0.4, -0.2) is 53.7 Å². The summed E-state index contributed by atoms with van der Waals surface area (Å²) in [7, 11) is 0. The predicted molar refractivity (Wildman–Crippen MR) is 64.4 cm³/mol. The Morgan fingerprint density at radius 1 is 1.47 bits per heavy atom. The van der Waals surface area contributed by atoms with Crippen LogP contribution >= 0.6 is 0 Å². The molecule has 6 nitrogen and oxygen atoms in total. The molecular weight excluding hydrogens is 218 g/mol. The first-order chi connectivity index (χ1) is 8.34. The summed E-state index contributed by atoms with van der Waals surface area (Å²) in [4.78, 5) is 13.9. The number of H-pyrrole nitrogens is 1. The zero-order valence-corrected chi connectivity index (χ0v) is 9.91. The summed E-state index contributed by atoms with van der Waals surface area (Å²) in [5.41, 5.74) is 0.927. The fraction of sp³-hybridized carbons (Fsp3) is 0.636. The summed E-state index contributed by atoms with van der Waals surface area (Å²) in [5.74, 6) is 0.0708. The maximum Gasteiger partial charge on any atom is 0.234 e. The first-order valence-electron chi connectivity index (χ1n) is 6.02. The third-order valence-corrected chi connectivity index (χ3v) is 2.83. The number of carbonyl (C=O) groups is 1. The second kappa shape index (κ2) is 6.36. The molecule has 1 aromatic rings. The van der Waals surface area contributed by atoms with E-state index in [4.69, 9.17) is 0 Å². The van der Waals surface area contributed by atoms with Gasteiger partial charge < -0.3 is 10.6 Å². The number of carbonyl (C=O) groups excluding carboxylic acids is 1. The van der Waals surface area contributed by atoms with Crippen LogP contribution in [-0.2, 0) is 11.3 Å². The van der Waals surface area contributed by atoms with E-state index in [9.17, 15) is 4.79 Å². The molecule has 1 saturated heterocycles. The quantitative estimate of drug-likeness (QED) is 0.649. The van der Waals surface area contributed by atoms with E-state index in [0.717, 1.165) is 38.3 Å². The number of aromatic amines is 1. The van der Waals surface area contributed by atoms with E-state index >= 15 is 0 Å². The molecule has 1 aliphatic rings. The lowest BCUT2D eigenvalue weighted by Crippen LogP contribution is -2.38. The molecule has 2 rings (SSSR count). The molecule has 0 spiro atoms. The first kappa shape index (κ1) is 12.1. The molecule has 6 heteroatoms. The smallest absolute Gasteiger partial charge is 0.234 e. The Bertz CT molecular complexity index is 330. The number of hydrogen-bond acceptors (Lipinski definition) is 4. The summed E-state index contributed by atoms with van der Waals surface area (Å²) in [6.07, 6.45) is 2.79. The fourth-order valence-electron chi connectivity index (χ4n) is 1.90. The van der Waals surface area contributed by atoms with E-state index in [2.05, 4.69) is 25.7 Å². The molecule has 17 heavy (non-hydrogen) atoms. The van der Waals surface area contributed by atoms with Gasteiger partial charge in [-0.25, -0.2) is 0 Å². The largest absolute Gasteiger partial charge is 0.349 e. The van der Waals surface area contributed by atoms with Crippen molar-refractivity contribution in [3.8, 4) is 0 Å². The summed E-state index contributed by atoms with van der Waals surface area (Å²) in [6.45, 7) is 4.95. The zero-order valence-electron chi connectivity index (χ0n) is 9.91. The van der Waals surface area contributed by atoms with Crippen molar-refractivity contribution in [1.29, 1.82) is 0 Å². The van der Waals surface area contributed by atoms with Crippen LogP contribution in [0.3, 0.4) is 0 Å². The zero-order chi connectivity index (χ0) is 11.9. The normalized spacial score (nSPS) is 17.6. The number of aromatic nitrogens is 2. The highest BCUT2D eigenvalue weighted by Gasteiger charge is 2.12. The molecule has 1 aromatic heterocycles. The van der Waals surface area contributed by atoms with Gasteiger partial charge >= 0.3 is 0 Å². The van der Waals surface area contributed by atoms with Crippen LogP contribution in [0.4, 0.5) is 0 Å². The van der Waals surface area contributed by atoms with Gasteiger partial charge in [-0.3, -0.25) is 14.8 Å². The van der Waals surface area contributed by atoms with Crippen molar-refractivity contribution in [2.75, 3.05) is 32.7 Å². The highest BCUT2D eigenvalue weighted by atomic mass is 16.2. The van der Waals surface area contributed by atoms with Crippen LogP contribution < -0.4 is 10.6 Å². The highest BCUT2D eigenvalue weighted by molar-refractivity contribution is 5.77. The molecule has 0 unspecified atom stereocenters. The van der Waals surface area contributed by atoms with Crippen LogP contribution in [0.1, 0.15) is 12.1 Å². The van der Waals surface area contributed by atoms with Gasteiger partial charge in [-0.1, -0.05) is 0 Å². The van der Waals surface area contributed by atoms with Crippen molar-refractivity contribution in [2.45, 2.75) is 13.0 Å². The van der Waals surface area contributed by atoms with E-state index in [0.29, 0.717) is 13.1 Å². The maximum atomic E-state index is 11.7. The Morgan fingerprint density at radius 2 is 2.41 bits per heavy atom. The minimum absolute atomic E-state index is 0.0708. The SMILES string of the molecule is O=C(CN1CCCNCC1)NCc1ccn[nH]1. The van der Waals surface area contributed by atoms with Crippen molar-refractivity contribution in [2.24, 2.45) is 0 Å². The number of rotatable bonds is 4. The molecule has 0 saturated carbocycles. The minimum atomic E-state index is 0.0708. The molecule has 0 radical (unpaired) electrons. The highest BCUT2D eigenvalue weighted by Crippen LogP contribution is 1.95. The third kappa shape index (κ3) is 4.16. The lowest BCUT2D eigenvalue weighted by molar-refractivity contribution is -0.122. The van der Waals surface area contributed by atoms with Crippen LogP contribution in [0.15, 0.2) is 12.3 Å². The molecule has 1 amide bonds. The van der Waals surface area contributed by atoms with Gasteiger partial charge in [0, 0.05) is 19.3 Å². The van der Waals surface area contributed by atoms with E-state index in [1.165, 1.54) is 0 Å². The van der Waals surface area contributed by atoms with E-state index < -0.39 is 0 Å². The van der Waals surface area contributed by atoms with Crippen LogP contribution in [0.2, 0.25) is 0 Å². The van der Waals surface area contributed by atoms with Gasteiger partial charge in [-0.2, -0.15) is 5.10 Å². The van der Waals surface area contributed by atoms with Gasteiger partial charge in [0.25, 0.3) is 0 Å². The van der Waals surface area contributed by atoms with Gasteiger partial charge in [-0.15, -0.1) is 0 Å². The van der Waals surface area contributed by atoms with E-state index in [1.54, 1.807) is 6.20 Å². The van der Waals surface area contributed by atoms with Crippen molar-refractivity contribution in [1.82, 2.24) is 25.7 Å². The second-order valence-electron chi connectivity index (χ2n) is 4.24. The number of nitrogens with zero attached hydrogens (tertiary/aromatic N) is 2. The van der Waals surface area contributed by atoms with Gasteiger partial charge in [0.05, 0.1) is 18.8 Å². The maximum absolute atomic E-state index is 11.7. The molecule has 1 aliphatic heterocycles. The lowest BCUT2D eigenvalue weighted by atomic mass is 10.3. The minimum Gasteiger partial charge on any atom is -0.349 e. The Balaban J connectivity index is 1.69. The van der Waals surface area contributed by atoms with Gasteiger partial charge in [-0.05, 0) is 25.6 Å². The third-order valence-electron chi connectivity index (χ3n) is 2.83. The standard InChI is InChI=1S/C11H19N5O/c17-11(13-8-10-2-4-14-15-10)9-16-6-1-3-12-5-7-16/h2,4,12H,1,3,5-9H2,(H,13,17)(H,14,15). The van der Waals surface area contributed by atoms with Gasteiger partial charge in [0.2, 0.25) is 5.91 Å². The Kier molecular flexibility index (Phi) is 4.52. The average Bonchev–Trinajstić information content (AvgIpc) is 2.72. The number of hydrogen-bond donors (Lipinski definition) is 3. The second-order valence-corrected chi connectivity index (χ2v) is 4.24. The summed E-state index contributed by atoms with van der Waals surface area (Å²) < 4.78 is 0. The van der Waals surface area contributed by atoms with Gasteiger partial charge in [0.15, 0.2) is 0 Å². The van der Waals surface area contributed by atoms with Crippen molar-refractivity contribution >= 4 is 5.91 Å². The van der Waals surface area contributed by atoms with E-state index in [1.807, 2.05) is 6.07 Å². The summed E-state index contributed by atoms with van der Waals surface area (Å²) in [5, 5.41) is 12.8. The Hall–Kier alpha value is -1.40. The lowest BCUT2D eigenvalue weighted by Gasteiger charge is -2.18. The van der Waals surface area contributed by atoms with Crippen LogP contribution in [0.25, 0.3) is 0 Å². The van der Waals surface area contributed by atoms with Crippen LogP contribution in [0, 0.1) is 0 Å². The molecule has 3 N–H and O–H groups in total. The summed E-state index contributed by atoms with van der Waals surface area (Å²) in [6, 6.07) is 1.86. The monoisotopic (exact) mass is 237 g/mol. The van der Waals surface area contributed by atoms with Crippen LogP contribution in [0.5, 0.6) is 0 Å². The Morgan fingerprint density at radius 3 is 3.24 bits per heavy atom. The van der Waals surface area contributed by atoms with Crippen molar-refractivity contribution < 1.29 is 4.79 Å². The van der Waals surface area contributed by atoms with Crippen molar-refractivity contribution in [3.63, 3.8) is 0 Å². The van der Waals surface area contributed by atoms with E-state index in [-0.39, 0.29) is 5.91 Å². The number of amides is 1. The average molecular weight is 237 g/mol. The molecular formula is C11H19N5O. The van der Waals surface area contributed by atoms with Gasteiger partial charge in [0.1, 0.15) is 0 Å². The first-order valence-corrected chi connectivity index (χ1v) is 6.02.